The minimum absolute atomic E-state index is 0.331. The minimum Gasteiger partial charge on any atom is -0.317 e. The van der Waals surface area contributed by atoms with Gasteiger partial charge >= 0.3 is 0 Å². The fraction of sp³-hybridized carbons (Fsp3) is 1.00. The zero-order valence-electron chi connectivity index (χ0n) is 8.67. The summed E-state index contributed by atoms with van der Waals surface area (Å²) < 4.78 is 22.5. The van der Waals surface area contributed by atoms with Crippen LogP contribution in [-0.2, 0) is 9.84 Å². The van der Waals surface area contributed by atoms with Crippen LogP contribution in [0.4, 0.5) is 0 Å². The van der Waals surface area contributed by atoms with Gasteiger partial charge in [-0.2, -0.15) is 0 Å². The highest BCUT2D eigenvalue weighted by Gasteiger charge is 2.07. The van der Waals surface area contributed by atoms with E-state index in [1.54, 1.807) is 0 Å². The lowest BCUT2D eigenvalue weighted by atomic mass is 10.4. The van der Waals surface area contributed by atoms with Crippen molar-refractivity contribution in [3.63, 3.8) is 0 Å². The Labute approximate surface area is 81.8 Å². The molecule has 13 heavy (non-hydrogen) atoms. The van der Waals surface area contributed by atoms with Crippen molar-refractivity contribution in [3.05, 3.63) is 0 Å². The van der Waals surface area contributed by atoms with E-state index >= 15 is 0 Å². The first-order chi connectivity index (χ1) is 6.12. The Morgan fingerprint density at radius 3 is 2.23 bits per heavy atom. The molecule has 0 aromatic heterocycles. The molecule has 0 saturated carbocycles. The first kappa shape index (κ1) is 12.9. The molecule has 0 aliphatic rings. The number of sulfone groups is 1. The van der Waals surface area contributed by atoms with Crippen LogP contribution in [0.5, 0.6) is 0 Å². The maximum atomic E-state index is 11.2. The summed E-state index contributed by atoms with van der Waals surface area (Å²) >= 11 is 0. The van der Waals surface area contributed by atoms with Gasteiger partial charge in [-0.1, -0.05) is 13.8 Å². The first-order valence-corrected chi connectivity index (χ1v) is 6.85. The zero-order valence-corrected chi connectivity index (χ0v) is 9.49. The largest absolute Gasteiger partial charge is 0.317 e. The number of hydrogen-bond acceptors (Lipinski definition) is 3. The molecule has 0 radical (unpaired) electrons. The van der Waals surface area contributed by atoms with Gasteiger partial charge in [0.2, 0.25) is 0 Å². The molecule has 0 unspecified atom stereocenters. The standard InChI is InChI=1S/C9H21NO2S/c1-3-6-10-7-5-9-13(11,12)8-4-2/h10H,3-9H2,1-2H3. The lowest BCUT2D eigenvalue weighted by molar-refractivity contribution is 0.587. The predicted molar refractivity (Wildman–Crippen MR) is 56.7 cm³/mol. The molecule has 0 spiro atoms. The Balaban J connectivity index is 3.41. The van der Waals surface area contributed by atoms with Crippen LogP contribution in [-0.4, -0.2) is 33.0 Å². The topological polar surface area (TPSA) is 46.2 Å². The van der Waals surface area contributed by atoms with Crippen LogP contribution in [0.2, 0.25) is 0 Å². The smallest absolute Gasteiger partial charge is 0.150 e. The highest BCUT2D eigenvalue weighted by molar-refractivity contribution is 7.91. The van der Waals surface area contributed by atoms with Crippen molar-refractivity contribution in [2.24, 2.45) is 0 Å². The highest BCUT2D eigenvalue weighted by Crippen LogP contribution is 1.95. The van der Waals surface area contributed by atoms with Crippen LogP contribution >= 0.6 is 0 Å². The third-order valence-electron chi connectivity index (χ3n) is 1.75. The molecule has 1 N–H and O–H groups in total. The van der Waals surface area contributed by atoms with Crippen LogP contribution in [0.25, 0.3) is 0 Å². The summed E-state index contributed by atoms with van der Waals surface area (Å²) in [4.78, 5) is 0. The number of nitrogens with one attached hydrogen (secondary N) is 1. The second-order valence-electron chi connectivity index (χ2n) is 3.26. The average molecular weight is 207 g/mol. The van der Waals surface area contributed by atoms with Gasteiger partial charge in [0.1, 0.15) is 9.84 Å². The van der Waals surface area contributed by atoms with Gasteiger partial charge in [-0.15, -0.1) is 0 Å². The zero-order chi connectivity index (χ0) is 10.2. The van der Waals surface area contributed by atoms with Gasteiger partial charge in [-0.05, 0) is 32.4 Å². The summed E-state index contributed by atoms with van der Waals surface area (Å²) in [6.45, 7) is 5.79. The van der Waals surface area contributed by atoms with Crippen molar-refractivity contribution in [1.82, 2.24) is 5.32 Å². The summed E-state index contributed by atoms with van der Waals surface area (Å²) in [6, 6.07) is 0. The lowest BCUT2D eigenvalue weighted by Gasteiger charge is -2.03. The minimum atomic E-state index is -2.76. The summed E-state index contributed by atoms with van der Waals surface area (Å²) in [7, 11) is -2.76. The molecule has 0 amide bonds. The molecule has 0 saturated heterocycles. The summed E-state index contributed by atoms with van der Waals surface area (Å²) in [6.07, 6.45) is 2.56. The number of rotatable bonds is 8. The molecule has 0 aromatic rings. The fourth-order valence-corrected chi connectivity index (χ4v) is 2.54. The maximum Gasteiger partial charge on any atom is 0.150 e. The average Bonchev–Trinajstić information content (AvgIpc) is 2.04. The molecule has 0 bridgehead atoms. The van der Waals surface area contributed by atoms with E-state index in [1.807, 2.05) is 6.92 Å². The Hall–Kier alpha value is -0.0900. The maximum absolute atomic E-state index is 11.2. The van der Waals surface area contributed by atoms with E-state index in [-0.39, 0.29) is 0 Å². The summed E-state index contributed by atoms with van der Waals surface area (Å²) in [5.41, 5.74) is 0. The van der Waals surface area contributed by atoms with Crippen molar-refractivity contribution in [2.45, 2.75) is 33.1 Å². The van der Waals surface area contributed by atoms with Crippen LogP contribution < -0.4 is 5.32 Å². The number of hydrogen-bond donors (Lipinski definition) is 1. The third kappa shape index (κ3) is 8.25. The quantitative estimate of drug-likeness (QED) is 0.608. The van der Waals surface area contributed by atoms with Gasteiger partial charge in [0.05, 0.1) is 5.75 Å². The molecule has 0 fully saturated rings. The van der Waals surface area contributed by atoms with Crippen LogP contribution in [0, 0.1) is 0 Å². The molecule has 4 heteroatoms. The van der Waals surface area contributed by atoms with Gasteiger partial charge in [0, 0.05) is 5.75 Å². The fourth-order valence-electron chi connectivity index (χ4n) is 1.13. The second-order valence-corrected chi connectivity index (χ2v) is 5.56. The molecular weight excluding hydrogens is 186 g/mol. The van der Waals surface area contributed by atoms with E-state index in [0.717, 1.165) is 32.4 Å². The first-order valence-electron chi connectivity index (χ1n) is 5.03. The predicted octanol–water partition coefficient (Wildman–Crippen LogP) is 1.20. The van der Waals surface area contributed by atoms with Crippen molar-refractivity contribution in [3.8, 4) is 0 Å². The van der Waals surface area contributed by atoms with Crippen LogP contribution in [0.1, 0.15) is 33.1 Å². The third-order valence-corrected chi connectivity index (χ3v) is 3.69. The van der Waals surface area contributed by atoms with E-state index in [4.69, 9.17) is 0 Å². The Kier molecular flexibility index (Phi) is 7.28. The van der Waals surface area contributed by atoms with E-state index in [2.05, 4.69) is 12.2 Å². The van der Waals surface area contributed by atoms with E-state index < -0.39 is 9.84 Å². The van der Waals surface area contributed by atoms with E-state index in [0.29, 0.717) is 11.5 Å². The molecule has 0 aromatic carbocycles. The van der Waals surface area contributed by atoms with Crippen LogP contribution in [0.3, 0.4) is 0 Å². The molecule has 80 valence electrons. The van der Waals surface area contributed by atoms with E-state index in [1.165, 1.54) is 0 Å². The summed E-state index contributed by atoms with van der Waals surface area (Å²) in [5.74, 6) is 0.665. The Morgan fingerprint density at radius 2 is 1.69 bits per heavy atom. The lowest BCUT2D eigenvalue weighted by Crippen LogP contribution is -2.20. The monoisotopic (exact) mass is 207 g/mol. The van der Waals surface area contributed by atoms with Gasteiger partial charge < -0.3 is 5.32 Å². The van der Waals surface area contributed by atoms with Crippen molar-refractivity contribution < 1.29 is 8.42 Å². The summed E-state index contributed by atoms with van der Waals surface area (Å²) in [5, 5.41) is 3.19. The highest BCUT2D eigenvalue weighted by atomic mass is 32.2. The van der Waals surface area contributed by atoms with Crippen molar-refractivity contribution >= 4 is 9.84 Å². The molecule has 0 rings (SSSR count). The van der Waals surface area contributed by atoms with E-state index in [9.17, 15) is 8.42 Å². The Morgan fingerprint density at radius 1 is 1.00 bits per heavy atom. The molecule has 0 aliphatic carbocycles. The molecule has 0 aliphatic heterocycles. The van der Waals surface area contributed by atoms with Gasteiger partial charge in [0.15, 0.2) is 0 Å². The van der Waals surface area contributed by atoms with Crippen molar-refractivity contribution in [1.29, 1.82) is 0 Å². The second kappa shape index (κ2) is 7.33. The molecular formula is C9H21NO2S. The van der Waals surface area contributed by atoms with Crippen LogP contribution in [0.15, 0.2) is 0 Å². The van der Waals surface area contributed by atoms with Gasteiger partial charge in [-0.25, -0.2) is 8.42 Å². The normalized spacial score (nSPS) is 11.8. The van der Waals surface area contributed by atoms with Crippen molar-refractivity contribution in [2.75, 3.05) is 24.6 Å². The SMILES string of the molecule is CCCNCCCS(=O)(=O)CCC. The van der Waals surface area contributed by atoms with Gasteiger partial charge in [0.25, 0.3) is 0 Å². The molecule has 0 heterocycles. The molecule has 0 atom stereocenters. The molecule has 3 nitrogen and oxygen atoms in total. The van der Waals surface area contributed by atoms with Gasteiger partial charge in [-0.3, -0.25) is 0 Å². The Bertz CT molecular complexity index is 200.